The molecule has 1 saturated heterocycles. The van der Waals surface area contributed by atoms with Crippen LogP contribution in [0.15, 0.2) is 59.7 Å². The number of hydrogen-bond acceptors (Lipinski definition) is 5. The van der Waals surface area contributed by atoms with Crippen LogP contribution in [0, 0.1) is 0 Å². The van der Waals surface area contributed by atoms with Gasteiger partial charge in [-0.25, -0.2) is 0 Å². The zero-order valence-electron chi connectivity index (χ0n) is 16.9. The van der Waals surface area contributed by atoms with E-state index in [0.717, 1.165) is 45.0 Å². The lowest BCUT2D eigenvalue weighted by Gasteiger charge is -2.26. The average molecular weight is 406 g/mol. The molecule has 0 radical (unpaired) electrons. The maximum Gasteiger partial charge on any atom is 0.258 e. The third-order valence-electron chi connectivity index (χ3n) is 5.34. The Hall–Kier alpha value is -3.03. The summed E-state index contributed by atoms with van der Waals surface area (Å²) in [5.74, 6) is -0.164. The number of benzene rings is 1. The molecule has 7 heteroatoms. The number of fused-ring (bicyclic) bond motifs is 1. The molecule has 0 unspecified atom stereocenters. The van der Waals surface area contributed by atoms with E-state index in [1.165, 1.54) is 0 Å². The largest absolute Gasteiger partial charge is 0.379 e. The summed E-state index contributed by atoms with van der Waals surface area (Å²) < 4.78 is 6.93. The average Bonchev–Trinajstić information content (AvgIpc) is 2.80. The summed E-state index contributed by atoms with van der Waals surface area (Å²) in [6.07, 6.45) is 4.22. The van der Waals surface area contributed by atoms with Gasteiger partial charge in [0, 0.05) is 42.8 Å². The number of carbonyl (C=O) groups is 1. The van der Waals surface area contributed by atoms with E-state index in [1.807, 2.05) is 36.4 Å². The Balaban J connectivity index is 1.51. The summed E-state index contributed by atoms with van der Waals surface area (Å²) in [4.78, 5) is 32.5. The van der Waals surface area contributed by atoms with Gasteiger partial charge < -0.3 is 14.6 Å². The van der Waals surface area contributed by atoms with Crippen molar-refractivity contribution in [1.82, 2.24) is 19.8 Å². The van der Waals surface area contributed by atoms with E-state index in [1.54, 1.807) is 23.0 Å². The monoisotopic (exact) mass is 406 g/mol. The first-order valence-corrected chi connectivity index (χ1v) is 10.3. The third-order valence-corrected chi connectivity index (χ3v) is 5.34. The molecule has 7 nitrogen and oxygen atoms in total. The fourth-order valence-corrected chi connectivity index (χ4v) is 3.73. The first-order chi connectivity index (χ1) is 14.7. The molecule has 0 spiro atoms. The molecule has 1 aromatic carbocycles. The van der Waals surface area contributed by atoms with E-state index in [2.05, 4.69) is 15.2 Å². The van der Waals surface area contributed by atoms with Crippen LogP contribution in [-0.2, 0) is 11.3 Å². The summed E-state index contributed by atoms with van der Waals surface area (Å²) >= 11 is 0. The highest BCUT2D eigenvalue weighted by atomic mass is 16.5. The fraction of sp³-hybridized carbons (Fsp3) is 0.348. The van der Waals surface area contributed by atoms with Crippen molar-refractivity contribution < 1.29 is 9.53 Å². The third kappa shape index (κ3) is 4.75. The van der Waals surface area contributed by atoms with Crippen LogP contribution in [0.2, 0.25) is 0 Å². The van der Waals surface area contributed by atoms with Gasteiger partial charge in [-0.15, -0.1) is 0 Å². The van der Waals surface area contributed by atoms with Crippen molar-refractivity contribution in [2.75, 3.05) is 39.4 Å². The lowest BCUT2D eigenvalue weighted by molar-refractivity contribution is 0.0374. The van der Waals surface area contributed by atoms with Gasteiger partial charge in [-0.2, -0.15) is 0 Å². The predicted octanol–water partition coefficient (Wildman–Crippen LogP) is 1.90. The summed E-state index contributed by atoms with van der Waals surface area (Å²) in [6.45, 7) is 5.27. The number of aromatic nitrogens is 2. The molecule has 3 heterocycles. The van der Waals surface area contributed by atoms with Crippen LogP contribution in [0.3, 0.4) is 0 Å². The van der Waals surface area contributed by atoms with E-state index in [0.29, 0.717) is 29.4 Å². The second kappa shape index (κ2) is 9.65. The first-order valence-electron chi connectivity index (χ1n) is 10.3. The van der Waals surface area contributed by atoms with Crippen LogP contribution in [0.4, 0.5) is 0 Å². The van der Waals surface area contributed by atoms with Gasteiger partial charge in [0.25, 0.3) is 11.5 Å². The van der Waals surface area contributed by atoms with Crippen molar-refractivity contribution in [1.29, 1.82) is 0 Å². The fourth-order valence-electron chi connectivity index (χ4n) is 3.73. The van der Waals surface area contributed by atoms with Crippen LogP contribution in [0.5, 0.6) is 0 Å². The van der Waals surface area contributed by atoms with Gasteiger partial charge in [0.15, 0.2) is 0 Å². The van der Waals surface area contributed by atoms with E-state index < -0.39 is 0 Å². The van der Waals surface area contributed by atoms with Crippen molar-refractivity contribution in [3.05, 3.63) is 76.5 Å². The molecule has 1 N–H and O–H groups in total. The van der Waals surface area contributed by atoms with Gasteiger partial charge in [0.2, 0.25) is 0 Å². The zero-order chi connectivity index (χ0) is 20.8. The zero-order valence-corrected chi connectivity index (χ0v) is 16.9. The molecule has 3 aromatic rings. The molecule has 4 rings (SSSR count). The predicted molar refractivity (Wildman–Crippen MR) is 116 cm³/mol. The second-order valence-corrected chi connectivity index (χ2v) is 7.41. The minimum atomic E-state index is -0.164. The van der Waals surface area contributed by atoms with Gasteiger partial charge >= 0.3 is 0 Å². The number of ether oxygens (including phenoxy) is 1. The van der Waals surface area contributed by atoms with Gasteiger partial charge in [-0.3, -0.25) is 19.5 Å². The van der Waals surface area contributed by atoms with Crippen LogP contribution in [0.25, 0.3) is 10.8 Å². The Labute approximate surface area is 175 Å². The number of rotatable bonds is 7. The number of nitrogens with one attached hydrogen (secondary N) is 1. The summed E-state index contributed by atoms with van der Waals surface area (Å²) in [7, 11) is 0. The summed E-state index contributed by atoms with van der Waals surface area (Å²) in [5, 5.41) is 4.22. The second-order valence-electron chi connectivity index (χ2n) is 7.41. The van der Waals surface area contributed by atoms with Crippen LogP contribution < -0.4 is 10.9 Å². The lowest BCUT2D eigenvalue weighted by atomic mass is 10.1. The van der Waals surface area contributed by atoms with Crippen LogP contribution in [0.1, 0.15) is 22.5 Å². The molecule has 30 heavy (non-hydrogen) atoms. The smallest absolute Gasteiger partial charge is 0.258 e. The van der Waals surface area contributed by atoms with Crippen molar-refractivity contribution in [3.8, 4) is 0 Å². The molecular weight excluding hydrogens is 380 g/mol. The molecule has 0 saturated carbocycles. The van der Waals surface area contributed by atoms with Crippen molar-refractivity contribution in [2.24, 2.45) is 0 Å². The van der Waals surface area contributed by atoms with Crippen molar-refractivity contribution >= 4 is 16.7 Å². The standard InChI is InChI=1S/C23H26N4O3/c28-22(25-10-5-11-26-12-14-30-15-13-26)21-17-27(16-18-6-3-4-9-24-18)23(29)20-8-2-1-7-19(20)21/h1-4,6-9,17H,5,10-16H2,(H,25,28). The highest BCUT2D eigenvalue weighted by Gasteiger charge is 2.15. The van der Waals surface area contributed by atoms with E-state index in [4.69, 9.17) is 4.74 Å². The van der Waals surface area contributed by atoms with E-state index >= 15 is 0 Å². The number of pyridine rings is 2. The molecule has 0 atom stereocenters. The van der Waals surface area contributed by atoms with Crippen molar-refractivity contribution in [2.45, 2.75) is 13.0 Å². The topological polar surface area (TPSA) is 76.5 Å². The number of nitrogens with zero attached hydrogens (tertiary/aromatic N) is 3. The molecule has 1 fully saturated rings. The molecular formula is C23H26N4O3. The first kappa shape index (κ1) is 20.3. The molecule has 1 aliphatic heterocycles. The number of hydrogen-bond donors (Lipinski definition) is 1. The Morgan fingerprint density at radius 1 is 1.07 bits per heavy atom. The Morgan fingerprint density at radius 2 is 1.83 bits per heavy atom. The maximum atomic E-state index is 13.0. The maximum absolute atomic E-state index is 13.0. The highest BCUT2D eigenvalue weighted by Crippen LogP contribution is 2.16. The molecule has 2 aromatic heterocycles. The molecule has 1 amide bonds. The van der Waals surface area contributed by atoms with E-state index in [-0.39, 0.29) is 11.5 Å². The van der Waals surface area contributed by atoms with Crippen LogP contribution >= 0.6 is 0 Å². The summed E-state index contributed by atoms with van der Waals surface area (Å²) in [6, 6.07) is 12.8. The molecule has 156 valence electrons. The SMILES string of the molecule is O=C(NCCCN1CCOCC1)c1cn(Cc2ccccn2)c(=O)c2ccccc12. The van der Waals surface area contributed by atoms with Crippen LogP contribution in [-0.4, -0.2) is 59.8 Å². The quantitative estimate of drug-likeness (QED) is 0.607. The number of amides is 1. The van der Waals surface area contributed by atoms with Gasteiger partial charge in [-0.05, 0) is 31.2 Å². The molecule has 1 aliphatic rings. The van der Waals surface area contributed by atoms with E-state index in [9.17, 15) is 9.59 Å². The lowest BCUT2D eigenvalue weighted by Crippen LogP contribution is -2.38. The Bertz CT molecular complexity index is 1060. The Kier molecular flexibility index (Phi) is 6.51. The van der Waals surface area contributed by atoms with Gasteiger partial charge in [0.1, 0.15) is 0 Å². The highest BCUT2D eigenvalue weighted by molar-refractivity contribution is 6.06. The molecule has 0 bridgehead atoms. The van der Waals surface area contributed by atoms with Gasteiger partial charge in [-0.1, -0.05) is 24.3 Å². The normalized spacial score (nSPS) is 14.7. The minimum absolute atomic E-state index is 0.125. The van der Waals surface area contributed by atoms with Gasteiger partial charge in [0.05, 0.1) is 31.0 Å². The van der Waals surface area contributed by atoms with Crippen molar-refractivity contribution in [3.63, 3.8) is 0 Å². The summed E-state index contributed by atoms with van der Waals surface area (Å²) in [5.41, 5.74) is 1.15. The minimum Gasteiger partial charge on any atom is -0.379 e. The Morgan fingerprint density at radius 3 is 2.60 bits per heavy atom. The number of carbonyl (C=O) groups excluding carboxylic acids is 1. The molecule has 0 aliphatic carbocycles. The number of morpholine rings is 1.